The molecule has 0 spiro atoms. The largest absolute Gasteiger partial charge is 0.444 e. The highest BCUT2D eigenvalue weighted by atomic mass is 19.1. The molecule has 0 unspecified atom stereocenters. The molecule has 2 fully saturated rings. The maximum atomic E-state index is 15.2. The van der Waals surface area contributed by atoms with Gasteiger partial charge in [-0.2, -0.15) is 5.26 Å². The van der Waals surface area contributed by atoms with Crippen molar-refractivity contribution in [1.82, 2.24) is 15.2 Å². The van der Waals surface area contributed by atoms with E-state index in [4.69, 9.17) is 4.74 Å². The number of benzene rings is 2. The standard InChI is InChI=1S/C28H29FN4O4/c1-28(2,3)37-27(36)33-18-9-8-15(11-18)24(33)26(35)31-17(14-30)10-16-12-21-20(13-22(16)29)19-6-4-5-7-23(19)32-25(21)34/h4-7,12-13,15,17-18,24H,8-11H2,1-3H3,(H,31,35)(H,32,34)/t15-,17-,18+,24-/m0/s1. The molecule has 9 heteroatoms. The molecular formula is C28H29FN4O4. The third-order valence-electron chi connectivity index (χ3n) is 7.25. The highest BCUT2D eigenvalue weighted by Crippen LogP contribution is 2.43. The molecule has 2 heterocycles. The van der Waals surface area contributed by atoms with E-state index in [-0.39, 0.29) is 29.5 Å². The van der Waals surface area contributed by atoms with Gasteiger partial charge in [-0.3, -0.25) is 14.5 Å². The molecule has 1 aliphatic carbocycles. The number of nitrogens with zero attached hydrogens (tertiary/aromatic N) is 2. The van der Waals surface area contributed by atoms with E-state index in [1.54, 1.807) is 39.0 Å². The molecule has 2 aromatic carbocycles. The van der Waals surface area contributed by atoms with E-state index in [2.05, 4.69) is 10.3 Å². The molecule has 8 nitrogen and oxygen atoms in total. The Morgan fingerprint density at radius 2 is 1.97 bits per heavy atom. The van der Waals surface area contributed by atoms with Gasteiger partial charge in [-0.15, -0.1) is 0 Å². The van der Waals surface area contributed by atoms with E-state index < -0.39 is 35.5 Å². The number of halogens is 1. The number of fused-ring (bicyclic) bond motifs is 5. The van der Waals surface area contributed by atoms with Crippen LogP contribution in [0.4, 0.5) is 9.18 Å². The number of nitriles is 1. The monoisotopic (exact) mass is 504 g/mol. The first-order chi connectivity index (χ1) is 17.6. The Bertz CT molecular complexity index is 1500. The number of aromatic nitrogens is 1. The lowest BCUT2D eigenvalue weighted by Gasteiger charge is -2.35. The molecule has 3 aromatic rings. The van der Waals surface area contributed by atoms with Crippen molar-refractivity contribution in [2.75, 3.05) is 0 Å². The van der Waals surface area contributed by atoms with Crippen molar-refractivity contribution in [1.29, 1.82) is 5.26 Å². The van der Waals surface area contributed by atoms with Crippen LogP contribution in [-0.4, -0.2) is 45.6 Å². The molecule has 2 aliphatic rings. The molecule has 2 N–H and O–H groups in total. The lowest BCUT2D eigenvalue weighted by molar-refractivity contribution is -0.128. The Balaban J connectivity index is 1.38. The number of piperidine rings is 1. The summed E-state index contributed by atoms with van der Waals surface area (Å²) in [4.78, 5) is 43.2. The van der Waals surface area contributed by atoms with Crippen molar-refractivity contribution in [3.05, 3.63) is 58.1 Å². The zero-order valence-corrected chi connectivity index (χ0v) is 21.0. The van der Waals surface area contributed by atoms with Gasteiger partial charge in [-0.25, -0.2) is 9.18 Å². The third-order valence-corrected chi connectivity index (χ3v) is 7.25. The summed E-state index contributed by atoms with van der Waals surface area (Å²) in [6.07, 6.45) is 1.67. The Morgan fingerprint density at radius 3 is 2.70 bits per heavy atom. The van der Waals surface area contributed by atoms with Crippen LogP contribution >= 0.6 is 0 Å². The zero-order chi connectivity index (χ0) is 26.5. The minimum atomic E-state index is -1.04. The fourth-order valence-corrected chi connectivity index (χ4v) is 5.71. The topological polar surface area (TPSA) is 115 Å². The van der Waals surface area contributed by atoms with E-state index in [0.29, 0.717) is 28.1 Å². The number of nitrogens with one attached hydrogen (secondary N) is 2. The quantitative estimate of drug-likeness (QED) is 0.518. The first-order valence-corrected chi connectivity index (χ1v) is 12.5. The molecule has 37 heavy (non-hydrogen) atoms. The zero-order valence-electron chi connectivity index (χ0n) is 21.0. The number of hydrogen-bond acceptors (Lipinski definition) is 5. The fraction of sp³-hybridized carbons (Fsp3) is 0.429. The summed E-state index contributed by atoms with van der Waals surface area (Å²) >= 11 is 0. The van der Waals surface area contributed by atoms with Crippen LogP contribution in [0.15, 0.2) is 41.2 Å². The van der Waals surface area contributed by atoms with Crippen LogP contribution in [0.2, 0.25) is 0 Å². The number of carbonyl (C=O) groups excluding carboxylic acids is 2. The Kier molecular flexibility index (Phi) is 6.14. The van der Waals surface area contributed by atoms with E-state index in [0.717, 1.165) is 12.8 Å². The summed E-state index contributed by atoms with van der Waals surface area (Å²) < 4.78 is 20.7. The van der Waals surface area contributed by atoms with Gasteiger partial charge in [0, 0.05) is 28.8 Å². The number of hydrogen-bond donors (Lipinski definition) is 2. The van der Waals surface area contributed by atoms with Gasteiger partial charge in [0.2, 0.25) is 5.91 Å². The van der Waals surface area contributed by atoms with Crippen LogP contribution in [0, 0.1) is 23.1 Å². The molecule has 1 aromatic heterocycles. The average Bonchev–Trinajstić information content (AvgIpc) is 3.45. The minimum absolute atomic E-state index is 0.0129. The van der Waals surface area contributed by atoms with Crippen LogP contribution in [0.25, 0.3) is 21.7 Å². The molecule has 0 radical (unpaired) electrons. The normalized spacial score (nSPS) is 21.7. The molecule has 1 saturated carbocycles. The van der Waals surface area contributed by atoms with E-state index >= 15 is 4.39 Å². The second kappa shape index (κ2) is 9.18. The van der Waals surface area contributed by atoms with Gasteiger partial charge in [0.15, 0.2) is 0 Å². The van der Waals surface area contributed by atoms with Gasteiger partial charge in [-0.1, -0.05) is 18.2 Å². The van der Waals surface area contributed by atoms with Gasteiger partial charge >= 0.3 is 6.09 Å². The number of rotatable bonds is 4. The van der Waals surface area contributed by atoms with Gasteiger partial charge in [0.1, 0.15) is 23.5 Å². The Hall–Kier alpha value is -3.93. The molecule has 1 saturated heterocycles. The van der Waals surface area contributed by atoms with Crippen molar-refractivity contribution in [3.63, 3.8) is 0 Å². The summed E-state index contributed by atoms with van der Waals surface area (Å²) in [5.74, 6) is -1.02. The van der Waals surface area contributed by atoms with Crippen LogP contribution < -0.4 is 10.9 Å². The highest BCUT2D eigenvalue weighted by Gasteiger charge is 2.52. The second-order valence-corrected chi connectivity index (χ2v) is 10.9. The van der Waals surface area contributed by atoms with E-state index in [1.807, 2.05) is 12.1 Å². The molecule has 2 amide bonds. The van der Waals surface area contributed by atoms with Crippen molar-refractivity contribution in [2.45, 2.75) is 70.2 Å². The molecule has 5 rings (SSSR count). The van der Waals surface area contributed by atoms with Crippen LogP contribution in [0.5, 0.6) is 0 Å². The van der Waals surface area contributed by atoms with Crippen molar-refractivity contribution >= 4 is 33.7 Å². The predicted molar refractivity (Wildman–Crippen MR) is 136 cm³/mol. The summed E-state index contributed by atoms with van der Waals surface area (Å²) in [7, 11) is 0. The maximum absolute atomic E-state index is 15.2. The molecule has 1 aliphatic heterocycles. The number of amides is 2. The van der Waals surface area contributed by atoms with Crippen molar-refractivity contribution in [2.24, 2.45) is 5.92 Å². The molecule has 2 bridgehead atoms. The number of H-pyrrole nitrogens is 1. The number of likely N-dealkylation sites (tertiary alicyclic amines) is 1. The first kappa shape index (κ1) is 24.8. The second-order valence-electron chi connectivity index (χ2n) is 10.9. The summed E-state index contributed by atoms with van der Waals surface area (Å²) in [6, 6.07) is 10.1. The van der Waals surface area contributed by atoms with Gasteiger partial charge in [-0.05, 0) is 75.1 Å². The molecule has 4 atom stereocenters. The average molecular weight is 505 g/mol. The molecule has 192 valence electrons. The number of pyridine rings is 1. The lowest BCUT2D eigenvalue weighted by Crippen LogP contribution is -2.55. The lowest BCUT2D eigenvalue weighted by atomic mass is 9.96. The smallest absolute Gasteiger partial charge is 0.411 e. The predicted octanol–water partition coefficient (Wildman–Crippen LogP) is 4.16. The summed E-state index contributed by atoms with van der Waals surface area (Å²) in [5, 5.41) is 14.0. The van der Waals surface area contributed by atoms with E-state index in [9.17, 15) is 19.6 Å². The van der Waals surface area contributed by atoms with Crippen molar-refractivity contribution in [3.8, 4) is 6.07 Å². The third kappa shape index (κ3) is 4.64. The summed E-state index contributed by atoms with van der Waals surface area (Å²) in [5.41, 5.74) is -0.305. The van der Waals surface area contributed by atoms with Crippen LogP contribution in [0.1, 0.15) is 45.6 Å². The first-order valence-electron chi connectivity index (χ1n) is 12.5. The summed E-state index contributed by atoms with van der Waals surface area (Å²) in [6.45, 7) is 5.31. The number of para-hydroxylation sites is 1. The number of carbonyl (C=O) groups is 2. The van der Waals surface area contributed by atoms with Crippen LogP contribution in [0.3, 0.4) is 0 Å². The van der Waals surface area contributed by atoms with Gasteiger partial charge in [0.05, 0.1) is 6.07 Å². The van der Waals surface area contributed by atoms with Gasteiger partial charge in [0.25, 0.3) is 5.56 Å². The number of aromatic amines is 1. The maximum Gasteiger partial charge on any atom is 0.411 e. The van der Waals surface area contributed by atoms with E-state index in [1.165, 1.54) is 17.0 Å². The highest BCUT2D eigenvalue weighted by molar-refractivity contribution is 6.05. The van der Waals surface area contributed by atoms with Crippen molar-refractivity contribution < 1.29 is 18.7 Å². The number of ether oxygens (including phenoxy) is 1. The molecular weight excluding hydrogens is 475 g/mol. The Labute approximate surface area is 213 Å². The fourth-order valence-electron chi connectivity index (χ4n) is 5.71. The SMILES string of the molecule is CC(C)(C)OC(=O)N1[C@@H]2CC[C@@H](C2)[C@H]1C(=O)N[C@H](C#N)Cc1cc2c(=O)[nH]c3ccccc3c2cc1F. The van der Waals surface area contributed by atoms with Crippen LogP contribution in [-0.2, 0) is 16.0 Å². The van der Waals surface area contributed by atoms with Gasteiger partial charge < -0.3 is 15.0 Å². The minimum Gasteiger partial charge on any atom is -0.444 e. The Morgan fingerprint density at radius 1 is 1.22 bits per heavy atom.